The average molecular weight is 505 g/mol. The van der Waals surface area contributed by atoms with Crippen molar-refractivity contribution in [1.29, 1.82) is 0 Å². The quantitative estimate of drug-likeness (QED) is 0.367. The number of nitrogens with zero attached hydrogens (tertiary/aromatic N) is 6. The van der Waals surface area contributed by atoms with Crippen molar-refractivity contribution < 1.29 is 4.52 Å². The maximum Gasteiger partial charge on any atom is 0.205 e. The normalized spacial score (nSPS) is 15.0. The molecule has 1 aliphatic heterocycles. The molecular formula is C17H28IN7OS. The van der Waals surface area contributed by atoms with Gasteiger partial charge in [0.1, 0.15) is 12.4 Å². The van der Waals surface area contributed by atoms with Gasteiger partial charge in [-0.2, -0.15) is 4.37 Å². The summed E-state index contributed by atoms with van der Waals surface area (Å²) in [5.41, 5.74) is 0.970. The van der Waals surface area contributed by atoms with Crippen LogP contribution in [0.25, 0.3) is 0 Å². The maximum atomic E-state index is 5.33. The smallest absolute Gasteiger partial charge is 0.205 e. The summed E-state index contributed by atoms with van der Waals surface area (Å²) in [6.45, 7) is 11.2. The van der Waals surface area contributed by atoms with Gasteiger partial charge in [-0.1, -0.05) is 19.0 Å². The molecule has 3 rings (SSSR count). The molecule has 27 heavy (non-hydrogen) atoms. The molecule has 0 atom stereocenters. The van der Waals surface area contributed by atoms with Gasteiger partial charge in [-0.3, -0.25) is 0 Å². The number of aryl methyl sites for hydroxylation is 2. The molecule has 1 N–H and O–H groups in total. The zero-order valence-corrected chi connectivity index (χ0v) is 19.3. The van der Waals surface area contributed by atoms with E-state index in [9.17, 15) is 0 Å². The second-order valence-corrected chi connectivity index (χ2v) is 6.86. The van der Waals surface area contributed by atoms with E-state index in [1.165, 1.54) is 11.5 Å². The Hall–Kier alpha value is -1.43. The van der Waals surface area contributed by atoms with Gasteiger partial charge in [-0.15, -0.1) is 24.0 Å². The predicted octanol–water partition coefficient (Wildman–Crippen LogP) is 2.56. The molecule has 0 saturated carbocycles. The van der Waals surface area contributed by atoms with Crippen LogP contribution in [0.5, 0.6) is 0 Å². The highest BCUT2D eigenvalue weighted by Crippen LogP contribution is 2.19. The minimum atomic E-state index is 0. The van der Waals surface area contributed by atoms with Gasteiger partial charge in [0.15, 0.2) is 11.7 Å². The number of anilines is 1. The molecule has 0 radical (unpaired) electrons. The van der Waals surface area contributed by atoms with E-state index in [4.69, 9.17) is 9.52 Å². The van der Waals surface area contributed by atoms with Crippen molar-refractivity contribution in [1.82, 2.24) is 24.7 Å². The van der Waals surface area contributed by atoms with Crippen molar-refractivity contribution in [3.63, 3.8) is 0 Å². The summed E-state index contributed by atoms with van der Waals surface area (Å²) in [4.78, 5) is 13.9. The van der Waals surface area contributed by atoms with Crippen molar-refractivity contribution in [3.8, 4) is 0 Å². The van der Waals surface area contributed by atoms with Crippen LogP contribution in [0.1, 0.15) is 38.0 Å². The number of nitrogens with one attached hydrogen (secondary N) is 1. The zero-order valence-electron chi connectivity index (χ0n) is 16.1. The molecule has 8 nitrogen and oxygen atoms in total. The van der Waals surface area contributed by atoms with E-state index < -0.39 is 0 Å². The molecule has 0 aromatic carbocycles. The number of aliphatic imine (C=N–C) groups is 1. The SMILES string of the molecule is CCNC(=NCc1cc(CC)no1)N1CCN(c2nc(CC)ns2)CC1.I. The summed E-state index contributed by atoms with van der Waals surface area (Å²) in [6.07, 6.45) is 1.76. The van der Waals surface area contributed by atoms with Crippen molar-refractivity contribution in [3.05, 3.63) is 23.3 Å². The van der Waals surface area contributed by atoms with Crippen molar-refractivity contribution in [2.75, 3.05) is 37.6 Å². The molecule has 2 aromatic heterocycles. The molecule has 0 spiro atoms. The van der Waals surface area contributed by atoms with E-state index in [0.717, 1.165) is 73.9 Å². The molecule has 1 fully saturated rings. The van der Waals surface area contributed by atoms with Gasteiger partial charge in [-0.25, -0.2) is 9.98 Å². The molecule has 0 aliphatic carbocycles. The van der Waals surface area contributed by atoms with E-state index >= 15 is 0 Å². The van der Waals surface area contributed by atoms with Crippen LogP contribution in [0.15, 0.2) is 15.6 Å². The van der Waals surface area contributed by atoms with Crippen LogP contribution in [0.2, 0.25) is 0 Å². The lowest BCUT2D eigenvalue weighted by Gasteiger charge is -2.36. The van der Waals surface area contributed by atoms with Crippen LogP contribution in [0, 0.1) is 0 Å². The summed E-state index contributed by atoms with van der Waals surface area (Å²) in [5.74, 6) is 2.66. The first-order valence-electron chi connectivity index (χ1n) is 9.28. The van der Waals surface area contributed by atoms with E-state index in [1.807, 2.05) is 6.07 Å². The largest absolute Gasteiger partial charge is 0.359 e. The standard InChI is InChI=1S/C17H27N7OS.HI/c1-4-13-11-14(25-21-13)12-19-16(18-6-3)23-7-9-24(10-8-23)17-20-15(5-2)22-26-17;/h11H,4-10,12H2,1-3H3,(H,18,19);1H. The Labute approximate surface area is 181 Å². The fourth-order valence-electron chi connectivity index (χ4n) is 2.80. The summed E-state index contributed by atoms with van der Waals surface area (Å²) >= 11 is 1.49. The van der Waals surface area contributed by atoms with Crippen molar-refractivity contribution in [2.45, 2.75) is 40.2 Å². The first kappa shape index (κ1) is 21.9. The molecule has 0 bridgehead atoms. The summed E-state index contributed by atoms with van der Waals surface area (Å²) in [5, 5.41) is 8.43. The molecule has 2 aromatic rings. The highest BCUT2D eigenvalue weighted by Gasteiger charge is 2.22. The molecular weight excluding hydrogens is 477 g/mol. The van der Waals surface area contributed by atoms with Gasteiger partial charge in [0.05, 0.1) is 5.69 Å². The average Bonchev–Trinajstić information content (AvgIpc) is 3.34. The number of guanidine groups is 1. The van der Waals surface area contributed by atoms with E-state index in [2.05, 4.69) is 50.4 Å². The molecule has 0 amide bonds. The minimum Gasteiger partial charge on any atom is -0.359 e. The van der Waals surface area contributed by atoms with Crippen LogP contribution in [-0.4, -0.2) is 58.1 Å². The number of hydrogen-bond donors (Lipinski definition) is 1. The monoisotopic (exact) mass is 505 g/mol. The van der Waals surface area contributed by atoms with Crippen LogP contribution >= 0.6 is 35.5 Å². The lowest BCUT2D eigenvalue weighted by molar-refractivity contribution is 0.364. The number of hydrogen-bond acceptors (Lipinski definition) is 7. The first-order valence-corrected chi connectivity index (χ1v) is 10.1. The summed E-state index contributed by atoms with van der Waals surface area (Å²) in [6, 6.07) is 1.98. The van der Waals surface area contributed by atoms with Gasteiger partial charge in [0.2, 0.25) is 5.13 Å². The number of piperazine rings is 1. The Bertz CT molecular complexity index is 724. The van der Waals surface area contributed by atoms with Gasteiger partial charge in [-0.05, 0) is 13.3 Å². The lowest BCUT2D eigenvalue weighted by atomic mass is 10.3. The maximum absolute atomic E-state index is 5.33. The third kappa shape index (κ3) is 5.77. The molecule has 3 heterocycles. The van der Waals surface area contributed by atoms with Crippen molar-refractivity contribution in [2.24, 2.45) is 4.99 Å². The molecule has 10 heteroatoms. The molecule has 1 aliphatic rings. The minimum absolute atomic E-state index is 0. The van der Waals surface area contributed by atoms with Gasteiger partial charge < -0.3 is 19.6 Å². The fraction of sp³-hybridized carbons (Fsp3) is 0.647. The molecule has 1 saturated heterocycles. The Morgan fingerprint density at radius 3 is 2.59 bits per heavy atom. The summed E-state index contributed by atoms with van der Waals surface area (Å²) in [7, 11) is 0. The van der Waals surface area contributed by atoms with E-state index in [0.29, 0.717) is 6.54 Å². The predicted molar refractivity (Wildman–Crippen MR) is 119 cm³/mol. The Morgan fingerprint density at radius 1 is 1.22 bits per heavy atom. The third-order valence-electron chi connectivity index (χ3n) is 4.31. The Balaban J connectivity index is 0.00000261. The number of aromatic nitrogens is 3. The van der Waals surface area contributed by atoms with Crippen LogP contribution in [0.4, 0.5) is 5.13 Å². The van der Waals surface area contributed by atoms with Crippen LogP contribution in [-0.2, 0) is 19.4 Å². The van der Waals surface area contributed by atoms with Crippen LogP contribution in [0.3, 0.4) is 0 Å². The third-order valence-corrected chi connectivity index (χ3v) is 5.13. The van der Waals surface area contributed by atoms with Gasteiger partial charge in [0.25, 0.3) is 0 Å². The van der Waals surface area contributed by atoms with Crippen LogP contribution < -0.4 is 10.2 Å². The Morgan fingerprint density at radius 2 is 2.00 bits per heavy atom. The lowest BCUT2D eigenvalue weighted by Crippen LogP contribution is -2.52. The Kier molecular flexibility index (Phi) is 8.74. The zero-order chi connectivity index (χ0) is 18.4. The molecule has 150 valence electrons. The number of rotatable bonds is 6. The van der Waals surface area contributed by atoms with E-state index in [1.54, 1.807) is 0 Å². The van der Waals surface area contributed by atoms with Gasteiger partial charge in [0, 0.05) is 56.7 Å². The van der Waals surface area contributed by atoms with Crippen molar-refractivity contribution >= 4 is 46.6 Å². The van der Waals surface area contributed by atoms with Gasteiger partial charge >= 0.3 is 0 Å². The molecule has 0 unspecified atom stereocenters. The topological polar surface area (TPSA) is 82.7 Å². The highest BCUT2D eigenvalue weighted by atomic mass is 127. The second-order valence-electron chi connectivity index (χ2n) is 6.13. The second kappa shape index (κ2) is 10.8. The van der Waals surface area contributed by atoms with E-state index in [-0.39, 0.29) is 24.0 Å². The fourth-order valence-corrected chi connectivity index (χ4v) is 3.60. The first-order chi connectivity index (χ1) is 12.7. The number of halogens is 1. The summed E-state index contributed by atoms with van der Waals surface area (Å²) < 4.78 is 9.72. The highest BCUT2D eigenvalue weighted by molar-refractivity contribution is 14.0.